The highest BCUT2D eigenvalue weighted by Crippen LogP contribution is 2.31. The van der Waals surface area contributed by atoms with E-state index in [1.165, 1.54) is 14.2 Å². The fraction of sp³-hybridized carbons (Fsp3) is 0.579. The van der Waals surface area contributed by atoms with Crippen LogP contribution in [-0.2, 0) is 14.3 Å². The number of hydrogen-bond acceptors (Lipinski definition) is 6. The van der Waals surface area contributed by atoms with Gasteiger partial charge in [0.1, 0.15) is 5.75 Å². The van der Waals surface area contributed by atoms with Crippen molar-refractivity contribution in [3.63, 3.8) is 0 Å². The normalized spacial score (nSPS) is 15.7. The third-order valence-electron chi connectivity index (χ3n) is 4.79. The van der Waals surface area contributed by atoms with E-state index in [4.69, 9.17) is 14.2 Å². The highest BCUT2D eigenvalue weighted by atomic mass is 16.6. The molecule has 0 aromatic heterocycles. The van der Waals surface area contributed by atoms with E-state index in [1.54, 1.807) is 13.0 Å². The average molecular weight is 349 g/mol. The largest absolute Gasteiger partial charge is 0.477 e. The molecule has 1 aliphatic heterocycles. The zero-order valence-electron chi connectivity index (χ0n) is 15.7. The van der Waals surface area contributed by atoms with E-state index in [-0.39, 0.29) is 0 Å². The van der Waals surface area contributed by atoms with Gasteiger partial charge in [0.15, 0.2) is 0 Å². The van der Waals surface area contributed by atoms with Gasteiger partial charge >= 0.3 is 11.9 Å². The van der Waals surface area contributed by atoms with Crippen molar-refractivity contribution in [2.45, 2.75) is 39.7 Å². The fourth-order valence-electron chi connectivity index (χ4n) is 3.15. The zero-order valence-corrected chi connectivity index (χ0v) is 15.7. The van der Waals surface area contributed by atoms with Crippen LogP contribution in [0, 0.1) is 20.8 Å². The first-order chi connectivity index (χ1) is 11.9. The summed E-state index contributed by atoms with van der Waals surface area (Å²) in [4.78, 5) is 26.4. The minimum absolute atomic E-state index is 0.410. The molecule has 1 unspecified atom stereocenters. The molecule has 0 aliphatic carbocycles. The minimum Gasteiger partial charge on any atom is -0.477 e. The lowest BCUT2D eigenvalue weighted by Gasteiger charge is -2.25. The first-order valence-corrected chi connectivity index (χ1v) is 8.55. The fourth-order valence-corrected chi connectivity index (χ4v) is 3.15. The number of benzene rings is 1. The van der Waals surface area contributed by atoms with Crippen molar-refractivity contribution < 1.29 is 23.8 Å². The van der Waals surface area contributed by atoms with Gasteiger partial charge in [-0.2, -0.15) is 0 Å². The van der Waals surface area contributed by atoms with E-state index >= 15 is 0 Å². The summed E-state index contributed by atoms with van der Waals surface area (Å²) in [7, 11) is 2.71. The maximum absolute atomic E-state index is 12.2. The minimum atomic E-state index is -0.729. The van der Waals surface area contributed by atoms with E-state index < -0.39 is 18.0 Å². The number of aryl methyl sites for hydroxylation is 1. The maximum Gasteiger partial charge on any atom is 0.348 e. The zero-order chi connectivity index (χ0) is 18.6. The Morgan fingerprint density at radius 3 is 2.28 bits per heavy atom. The number of nitrogens with zero attached hydrogens (tertiary/aromatic N) is 1. The molecule has 0 N–H and O–H groups in total. The van der Waals surface area contributed by atoms with Crippen molar-refractivity contribution in [1.29, 1.82) is 0 Å². The second-order valence-electron chi connectivity index (χ2n) is 6.45. The van der Waals surface area contributed by atoms with Crippen molar-refractivity contribution in [3.05, 3.63) is 28.3 Å². The quantitative estimate of drug-likeness (QED) is 0.735. The number of methoxy groups -OCH3 is 2. The highest BCUT2D eigenvalue weighted by molar-refractivity contribution is 5.92. The first-order valence-electron chi connectivity index (χ1n) is 8.55. The van der Waals surface area contributed by atoms with Crippen molar-refractivity contribution in [3.8, 4) is 5.75 Å². The first kappa shape index (κ1) is 19.2. The predicted molar refractivity (Wildman–Crippen MR) is 94.1 cm³/mol. The molecule has 1 aliphatic rings. The van der Waals surface area contributed by atoms with Crippen molar-refractivity contribution in [2.24, 2.45) is 0 Å². The maximum atomic E-state index is 12.2. The topological polar surface area (TPSA) is 65.1 Å². The van der Waals surface area contributed by atoms with Gasteiger partial charge in [0.2, 0.25) is 6.10 Å². The van der Waals surface area contributed by atoms with Gasteiger partial charge in [-0.15, -0.1) is 0 Å². The Hall–Kier alpha value is -2.08. The van der Waals surface area contributed by atoms with Crippen LogP contribution >= 0.6 is 0 Å². The Kier molecular flexibility index (Phi) is 6.42. The molecule has 1 aromatic carbocycles. The Balaban J connectivity index is 2.35. The van der Waals surface area contributed by atoms with Crippen LogP contribution in [0.2, 0.25) is 0 Å². The Labute approximate surface area is 149 Å². The van der Waals surface area contributed by atoms with Crippen LogP contribution < -0.4 is 4.74 Å². The summed E-state index contributed by atoms with van der Waals surface area (Å²) in [5, 5.41) is 0. The number of carbonyl (C=O) groups excluding carboxylic acids is 2. The molecule has 0 radical (unpaired) electrons. The van der Waals surface area contributed by atoms with Crippen LogP contribution in [0.3, 0.4) is 0 Å². The highest BCUT2D eigenvalue weighted by Gasteiger charge is 2.28. The van der Waals surface area contributed by atoms with Crippen LogP contribution in [0.15, 0.2) is 6.07 Å². The van der Waals surface area contributed by atoms with Gasteiger partial charge in [-0.25, -0.2) is 9.59 Å². The average Bonchev–Trinajstić information content (AvgIpc) is 3.12. The predicted octanol–water partition coefficient (Wildman–Crippen LogP) is 2.41. The van der Waals surface area contributed by atoms with Gasteiger partial charge in [-0.05, 0) is 63.9 Å². The number of esters is 2. The summed E-state index contributed by atoms with van der Waals surface area (Å²) in [5.41, 5.74) is 2.93. The molecule has 25 heavy (non-hydrogen) atoms. The molecule has 1 aromatic rings. The molecule has 6 nitrogen and oxygen atoms in total. The molecular formula is C19H27NO5. The van der Waals surface area contributed by atoms with Crippen LogP contribution in [0.4, 0.5) is 0 Å². The summed E-state index contributed by atoms with van der Waals surface area (Å²) in [6, 6.07) is 1.79. The standard InChI is InChI=1S/C19H27NO5/c1-12-10-15(18(21)23-4)14(3)17(13(12)2)25-16(19(22)24-5)11-20-8-6-7-9-20/h10,16H,6-9,11H2,1-5H3. The number of rotatable bonds is 6. The van der Waals surface area contributed by atoms with E-state index in [1.807, 2.05) is 13.8 Å². The van der Waals surface area contributed by atoms with E-state index in [0.717, 1.165) is 37.1 Å². The Bertz CT molecular complexity index is 650. The van der Waals surface area contributed by atoms with Gasteiger partial charge in [0.05, 0.1) is 19.8 Å². The van der Waals surface area contributed by atoms with Gasteiger partial charge in [0.25, 0.3) is 0 Å². The number of ether oxygens (including phenoxy) is 3. The van der Waals surface area contributed by atoms with Crippen molar-refractivity contribution in [2.75, 3.05) is 33.9 Å². The molecule has 0 spiro atoms. The number of hydrogen-bond donors (Lipinski definition) is 0. The molecule has 1 heterocycles. The number of likely N-dealkylation sites (tertiary alicyclic amines) is 1. The van der Waals surface area contributed by atoms with E-state index in [2.05, 4.69) is 4.90 Å². The smallest absolute Gasteiger partial charge is 0.348 e. The molecule has 1 fully saturated rings. The lowest BCUT2D eigenvalue weighted by Crippen LogP contribution is -2.40. The van der Waals surface area contributed by atoms with Gasteiger partial charge < -0.3 is 14.2 Å². The van der Waals surface area contributed by atoms with E-state index in [0.29, 0.717) is 23.4 Å². The SMILES string of the molecule is COC(=O)c1cc(C)c(C)c(OC(CN2CCCC2)C(=O)OC)c1C. The van der Waals surface area contributed by atoms with Crippen LogP contribution in [0.5, 0.6) is 5.75 Å². The molecule has 0 saturated carbocycles. The molecule has 6 heteroatoms. The molecular weight excluding hydrogens is 322 g/mol. The van der Waals surface area contributed by atoms with Gasteiger partial charge in [-0.1, -0.05) is 0 Å². The summed E-state index contributed by atoms with van der Waals surface area (Å²) in [6.07, 6.45) is 1.53. The second kappa shape index (κ2) is 8.34. The van der Waals surface area contributed by atoms with Crippen LogP contribution in [-0.4, -0.2) is 56.8 Å². The van der Waals surface area contributed by atoms with Crippen molar-refractivity contribution >= 4 is 11.9 Å². The summed E-state index contributed by atoms with van der Waals surface area (Å²) >= 11 is 0. The van der Waals surface area contributed by atoms with Gasteiger partial charge in [0, 0.05) is 12.1 Å². The molecule has 0 amide bonds. The van der Waals surface area contributed by atoms with Crippen LogP contribution in [0.25, 0.3) is 0 Å². The van der Waals surface area contributed by atoms with Gasteiger partial charge in [-0.3, -0.25) is 4.90 Å². The van der Waals surface area contributed by atoms with E-state index in [9.17, 15) is 9.59 Å². The number of carbonyl (C=O) groups is 2. The summed E-state index contributed by atoms with van der Waals surface area (Å²) in [6.45, 7) is 8.02. The molecule has 1 atom stereocenters. The monoisotopic (exact) mass is 349 g/mol. The summed E-state index contributed by atoms with van der Waals surface area (Å²) < 4.78 is 15.9. The third kappa shape index (κ3) is 4.31. The molecule has 1 saturated heterocycles. The molecule has 2 rings (SSSR count). The summed E-state index contributed by atoms with van der Waals surface area (Å²) in [5.74, 6) is -0.276. The van der Waals surface area contributed by atoms with Crippen molar-refractivity contribution in [1.82, 2.24) is 4.90 Å². The Morgan fingerprint density at radius 1 is 1.08 bits per heavy atom. The lowest BCUT2D eigenvalue weighted by atomic mass is 9.99. The lowest BCUT2D eigenvalue weighted by molar-refractivity contribution is -0.149. The molecule has 0 bridgehead atoms. The van der Waals surface area contributed by atoms with Crippen LogP contribution in [0.1, 0.15) is 39.9 Å². The third-order valence-corrected chi connectivity index (χ3v) is 4.79. The molecule has 138 valence electrons. The second-order valence-corrected chi connectivity index (χ2v) is 6.45. The Morgan fingerprint density at radius 2 is 1.72 bits per heavy atom.